The summed E-state index contributed by atoms with van der Waals surface area (Å²) in [7, 11) is 0. The van der Waals surface area contributed by atoms with Crippen LogP contribution in [0.5, 0.6) is 0 Å². The normalized spacial score (nSPS) is 14.5. The lowest BCUT2D eigenvalue weighted by Gasteiger charge is -2.33. The largest absolute Gasteiger partial charge is 0.330 e. The molecule has 0 aliphatic carbocycles. The van der Waals surface area contributed by atoms with Crippen molar-refractivity contribution < 1.29 is 0 Å². The zero-order chi connectivity index (χ0) is 10.3. The number of hydrogen-bond acceptors (Lipinski definition) is 2. The first-order valence-electron chi connectivity index (χ1n) is 5.59. The van der Waals surface area contributed by atoms with Gasteiger partial charge in [0.05, 0.1) is 0 Å². The molecule has 0 saturated carbocycles. The van der Waals surface area contributed by atoms with Gasteiger partial charge in [-0.3, -0.25) is 0 Å². The fourth-order valence-corrected chi connectivity index (χ4v) is 1.60. The van der Waals surface area contributed by atoms with Crippen molar-refractivity contribution in [2.24, 2.45) is 11.7 Å². The third-order valence-corrected chi connectivity index (χ3v) is 3.26. The lowest BCUT2D eigenvalue weighted by Crippen LogP contribution is -2.46. The summed E-state index contributed by atoms with van der Waals surface area (Å²) in [6.45, 7) is 10.8. The van der Waals surface area contributed by atoms with Crippen LogP contribution in [-0.4, -0.2) is 18.6 Å². The van der Waals surface area contributed by atoms with Gasteiger partial charge in [0, 0.05) is 5.54 Å². The average Bonchev–Trinajstić information content (AvgIpc) is 2.20. The van der Waals surface area contributed by atoms with Gasteiger partial charge in [0.15, 0.2) is 0 Å². The Hall–Kier alpha value is -0.0800. The second-order valence-corrected chi connectivity index (χ2v) is 4.06. The van der Waals surface area contributed by atoms with Gasteiger partial charge in [0.25, 0.3) is 0 Å². The minimum absolute atomic E-state index is 0.351. The molecule has 0 aliphatic rings. The molecular weight excluding hydrogens is 160 g/mol. The second kappa shape index (κ2) is 6.39. The Morgan fingerprint density at radius 2 is 1.62 bits per heavy atom. The molecule has 80 valence electrons. The first kappa shape index (κ1) is 12.9. The van der Waals surface area contributed by atoms with Crippen molar-refractivity contribution >= 4 is 0 Å². The number of nitrogens with two attached hydrogens (primary N) is 1. The van der Waals surface area contributed by atoms with Gasteiger partial charge in [-0.05, 0) is 38.3 Å². The van der Waals surface area contributed by atoms with Gasteiger partial charge in [0.1, 0.15) is 0 Å². The van der Waals surface area contributed by atoms with E-state index in [9.17, 15) is 0 Å². The fraction of sp³-hybridized carbons (Fsp3) is 1.00. The molecule has 3 N–H and O–H groups in total. The highest BCUT2D eigenvalue weighted by Crippen LogP contribution is 2.19. The molecule has 0 aromatic carbocycles. The Morgan fingerprint density at radius 1 is 1.15 bits per heavy atom. The van der Waals surface area contributed by atoms with Gasteiger partial charge >= 0.3 is 0 Å². The molecule has 0 bridgehead atoms. The van der Waals surface area contributed by atoms with E-state index in [4.69, 9.17) is 5.73 Å². The molecule has 0 aliphatic heterocycles. The molecule has 13 heavy (non-hydrogen) atoms. The maximum absolute atomic E-state index is 5.59. The molecule has 1 atom stereocenters. The Bertz CT molecular complexity index is 111. The lowest BCUT2D eigenvalue weighted by molar-refractivity contribution is 0.275. The molecule has 0 saturated heterocycles. The van der Waals surface area contributed by atoms with Crippen molar-refractivity contribution in [3.8, 4) is 0 Å². The van der Waals surface area contributed by atoms with Crippen molar-refractivity contribution in [2.75, 3.05) is 13.1 Å². The van der Waals surface area contributed by atoms with E-state index in [0.717, 1.165) is 13.1 Å². The third kappa shape index (κ3) is 4.10. The Labute approximate surface area is 83.3 Å². The molecule has 0 rings (SSSR count). The molecule has 0 heterocycles. The van der Waals surface area contributed by atoms with Crippen molar-refractivity contribution in [2.45, 2.75) is 52.5 Å². The predicted octanol–water partition coefficient (Wildman–Crippen LogP) is 2.14. The summed E-state index contributed by atoms with van der Waals surface area (Å²) in [5.41, 5.74) is 5.94. The van der Waals surface area contributed by atoms with Crippen molar-refractivity contribution in [3.05, 3.63) is 0 Å². The summed E-state index contributed by atoms with van der Waals surface area (Å²) in [4.78, 5) is 0. The number of hydrogen-bond donors (Lipinski definition) is 2. The highest BCUT2D eigenvalue weighted by molar-refractivity contribution is 4.84. The molecule has 2 heteroatoms. The Morgan fingerprint density at radius 3 is 1.92 bits per heavy atom. The van der Waals surface area contributed by atoms with Crippen LogP contribution < -0.4 is 11.1 Å². The molecule has 0 fully saturated rings. The van der Waals surface area contributed by atoms with Crippen LogP contribution in [0.1, 0.15) is 47.0 Å². The van der Waals surface area contributed by atoms with E-state index in [2.05, 4.69) is 33.0 Å². The molecule has 0 aromatic heterocycles. The van der Waals surface area contributed by atoms with E-state index in [1.54, 1.807) is 0 Å². The standard InChI is InChI=1S/C11H26N2/c1-5-11(6-2,7-3)13-9-10(4)8-12/h10,13H,5-9,12H2,1-4H3. The maximum Gasteiger partial charge on any atom is 0.0173 e. The summed E-state index contributed by atoms with van der Waals surface area (Å²) in [5.74, 6) is 0.587. The molecule has 0 radical (unpaired) electrons. The van der Waals surface area contributed by atoms with E-state index in [1.165, 1.54) is 19.3 Å². The summed E-state index contributed by atoms with van der Waals surface area (Å²) in [6.07, 6.45) is 3.62. The zero-order valence-corrected chi connectivity index (χ0v) is 9.69. The topological polar surface area (TPSA) is 38.0 Å². The van der Waals surface area contributed by atoms with Gasteiger partial charge in [0.2, 0.25) is 0 Å². The van der Waals surface area contributed by atoms with Gasteiger partial charge in [-0.1, -0.05) is 27.7 Å². The predicted molar refractivity (Wildman–Crippen MR) is 59.8 cm³/mol. The fourth-order valence-electron chi connectivity index (χ4n) is 1.60. The first-order chi connectivity index (χ1) is 6.14. The Balaban J connectivity index is 3.95. The molecular formula is C11H26N2. The van der Waals surface area contributed by atoms with Crippen molar-refractivity contribution in [1.29, 1.82) is 0 Å². The van der Waals surface area contributed by atoms with Crippen molar-refractivity contribution in [3.63, 3.8) is 0 Å². The monoisotopic (exact) mass is 186 g/mol. The van der Waals surface area contributed by atoms with Crippen LogP contribution in [0.4, 0.5) is 0 Å². The van der Waals surface area contributed by atoms with E-state index < -0.39 is 0 Å². The SMILES string of the molecule is CCC(CC)(CC)NCC(C)CN. The highest BCUT2D eigenvalue weighted by Gasteiger charge is 2.22. The summed E-state index contributed by atoms with van der Waals surface area (Å²) in [5, 5.41) is 3.65. The summed E-state index contributed by atoms with van der Waals surface area (Å²) >= 11 is 0. The van der Waals surface area contributed by atoms with E-state index >= 15 is 0 Å². The molecule has 0 aromatic rings. The van der Waals surface area contributed by atoms with Crippen LogP contribution in [0.3, 0.4) is 0 Å². The van der Waals surface area contributed by atoms with Crippen molar-refractivity contribution in [1.82, 2.24) is 5.32 Å². The van der Waals surface area contributed by atoms with E-state index in [0.29, 0.717) is 11.5 Å². The van der Waals surface area contributed by atoms with Gasteiger partial charge in [-0.2, -0.15) is 0 Å². The van der Waals surface area contributed by atoms with Crippen LogP contribution in [-0.2, 0) is 0 Å². The van der Waals surface area contributed by atoms with Gasteiger partial charge < -0.3 is 11.1 Å². The first-order valence-corrected chi connectivity index (χ1v) is 5.59. The van der Waals surface area contributed by atoms with E-state index in [1.807, 2.05) is 0 Å². The minimum atomic E-state index is 0.351. The second-order valence-electron chi connectivity index (χ2n) is 4.06. The third-order valence-electron chi connectivity index (χ3n) is 3.26. The van der Waals surface area contributed by atoms with Gasteiger partial charge in [-0.25, -0.2) is 0 Å². The smallest absolute Gasteiger partial charge is 0.0173 e. The number of nitrogens with one attached hydrogen (secondary N) is 1. The molecule has 2 nitrogen and oxygen atoms in total. The molecule has 0 spiro atoms. The number of rotatable bonds is 7. The zero-order valence-electron chi connectivity index (χ0n) is 9.69. The van der Waals surface area contributed by atoms with Crippen LogP contribution >= 0.6 is 0 Å². The minimum Gasteiger partial charge on any atom is -0.330 e. The molecule has 1 unspecified atom stereocenters. The maximum atomic E-state index is 5.59. The average molecular weight is 186 g/mol. The van der Waals surface area contributed by atoms with Crippen LogP contribution in [0.2, 0.25) is 0 Å². The van der Waals surface area contributed by atoms with Crippen LogP contribution in [0.15, 0.2) is 0 Å². The van der Waals surface area contributed by atoms with Crippen LogP contribution in [0, 0.1) is 5.92 Å². The molecule has 0 amide bonds. The Kier molecular flexibility index (Phi) is 6.35. The van der Waals surface area contributed by atoms with Gasteiger partial charge in [-0.15, -0.1) is 0 Å². The lowest BCUT2D eigenvalue weighted by atomic mass is 9.89. The van der Waals surface area contributed by atoms with E-state index in [-0.39, 0.29) is 0 Å². The summed E-state index contributed by atoms with van der Waals surface area (Å²) < 4.78 is 0. The quantitative estimate of drug-likeness (QED) is 0.639. The summed E-state index contributed by atoms with van der Waals surface area (Å²) in [6, 6.07) is 0. The highest BCUT2D eigenvalue weighted by atomic mass is 15.0. The van der Waals surface area contributed by atoms with Crippen LogP contribution in [0.25, 0.3) is 0 Å².